The second kappa shape index (κ2) is 6.56. The van der Waals surface area contributed by atoms with Crippen LogP contribution in [0.3, 0.4) is 0 Å². The molecule has 2 aromatic carbocycles. The van der Waals surface area contributed by atoms with Crippen LogP contribution in [0.2, 0.25) is 0 Å². The van der Waals surface area contributed by atoms with Gasteiger partial charge in [0.05, 0.1) is 17.5 Å². The molecular formula is C24H23N3O5. The number of fused-ring (bicyclic) bond motifs is 5. The number of amides is 3. The molecule has 0 unspecified atom stereocenters. The lowest BCUT2D eigenvalue weighted by atomic mass is 9.76. The number of para-hydroxylation sites is 1. The topological polar surface area (TPSA) is 97.0 Å². The van der Waals surface area contributed by atoms with Gasteiger partial charge < -0.3 is 14.8 Å². The van der Waals surface area contributed by atoms with E-state index in [2.05, 4.69) is 10.6 Å². The highest BCUT2D eigenvalue weighted by molar-refractivity contribution is 6.25. The maximum Gasteiger partial charge on any atom is 0.250 e. The summed E-state index contributed by atoms with van der Waals surface area (Å²) in [5, 5.41) is 6.34. The lowest BCUT2D eigenvalue weighted by Gasteiger charge is -2.30. The quantitative estimate of drug-likeness (QED) is 0.704. The number of rotatable bonds is 2. The van der Waals surface area contributed by atoms with Crippen LogP contribution >= 0.6 is 0 Å². The van der Waals surface area contributed by atoms with Crippen molar-refractivity contribution in [2.45, 2.75) is 25.4 Å². The van der Waals surface area contributed by atoms with Gasteiger partial charge in [-0.3, -0.25) is 19.7 Å². The zero-order valence-electron chi connectivity index (χ0n) is 17.8. The van der Waals surface area contributed by atoms with Gasteiger partial charge in [0.2, 0.25) is 17.7 Å². The molecule has 0 bridgehead atoms. The van der Waals surface area contributed by atoms with Crippen LogP contribution in [-0.4, -0.2) is 37.0 Å². The highest BCUT2D eigenvalue weighted by Gasteiger charge is 2.70. The Morgan fingerprint density at radius 3 is 2.53 bits per heavy atom. The summed E-state index contributed by atoms with van der Waals surface area (Å²) in [5.41, 5.74) is 0.549. The van der Waals surface area contributed by atoms with Gasteiger partial charge in [-0.2, -0.15) is 0 Å². The van der Waals surface area contributed by atoms with Crippen molar-refractivity contribution in [1.29, 1.82) is 0 Å². The first-order chi connectivity index (χ1) is 15.4. The maximum absolute atomic E-state index is 13.9. The number of anilines is 2. The summed E-state index contributed by atoms with van der Waals surface area (Å²) in [6.45, 7) is 4.86. The molecule has 32 heavy (non-hydrogen) atoms. The lowest BCUT2D eigenvalue weighted by molar-refractivity contribution is -0.130. The minimum atomic E-state index is -1.27. The van der Waals surface area contributed by atoms with Crippen LogP contribution in [0.25, 0.3) is 0 Å². The van der Waals surface area contributed by atoms with E-state index in [4.69, 9.17) is 9.47 Å². The molecule has 0 radical (unpaired) electrons. The minimum Gasteiger partial charge on any atom is -0.486 e. The van der Waals surface area contributed by atoms with Gasteiger partial charge in [-0.15, -0.1) is 0 Å². The Hall–Kier alpha value is -3.39. The van der Waals surface area contributed by atoms with Crippen molar-refractivity contribution >= 4 is 29.1 Å². The number of hydrogen-bond acceptors (Lipinski definition) is 6. The van der Waals surface area contributed by atoms with E-state index in [0.717, 1.165) is 0 Å². The molecule has 1 spiro atoms. The highest BCUT2D eigenvalue weighted by Crippen LogP contribution is 2.54. The number of imide groups is 1. The van der Waals surface area contributed by atoms with E-state index in [1.807, 2.05) is 38.1 Å². The van der Waals surface area contributed by atoms with Crippen molar-refractivity contribution in [3.05, 3.63) is 48.0 Å². The molecule has 2 saturated heterocycles. The Bertz CT molecular complexity index is 1180. The number of carbonyl (C=O) groups is 3. The summed E-state index contributed by atoms with van der Waals surface area (Å²) in [6.07, 6.45) is 0. The fourth-order valence-electron chi connectivity index (χ4n) is 5.69. The van der Waals surface area contributed by atoms with E-state index in [0.29, 0.717) is 41.7 Å². The molecule has 0 saturated carbocycles. The van der Waals surface area contributed by atoms with Crippen LogP contribution in [0.1, 0.15) is 19.4 Å². The molecule has 2 aromatic rings. The van der Waals surface area contributed by atoms with E-state index in [1.165, 1.54) is 4.90 Å². The van der Waals surface area contributed by atoms with Crippen LogP contribution in [0.5, 0.6) is 11.5 Å². The first-order valence-corrected chi connectivity index (χ1v) is 10.9. The molecule has 4 aliphatic heterocycles. The molecule has 0 aromatic heterocycles. The van der Waals surface area contributed by atoms with Gasteiger partial charge in [-0.05, 0) is 24.1 Å². The van der Waals surface area contributed by atoms with Crippen molar-refractivity contribution < 1.29 is 23.9 Å². The first kappa shape index (κ1) is 19.3. The molecule has 6 rings (SSSR count). The molecule has 4 heterocycles. The maximum atomic E-state index is 13.9. The molecule has 2 fully saturated rings. The number of ether oxygens (including phenoxy) is 2. The summed E-state index contributed by atoms with van der Waals surface area (Å²) in [6, 6.07) is 12.1. The van der Waals surface area contributed by atoms with Crippen molar-refractivity contribution in [3.63, 3.8) is 0 Å². The second-order valence-electron chi connectivity index (χ2n) is 9.07. The zero-order valence-corrected chi connectivity index (χ0v) is 17.8. The predicted molar refractivity (Wildman–Crippen MR) is 115 cm³/mol. The summed E-state index contributed by atoms with van der Waals surface area (Å²) in [4.78, 5) is 42.1. The lowest BCUT2D eigenvalue weighted by Crippen LogP contribution is -2.54. The second-order valence-corrected chi connectivity index (χ2v) is 9.07. The van der Waals surface area contributed by atoms with Crippen molar-refractivity contribution in [3.8, 4) is 11.5 Å². The van der Waals surface area contributed by atoms with Crippen LogP contribution in [0.15, 0.2) is 42.5 Å². The van der Waals surface area contributed by atoms with Crippen molar-refractivity contribution in [2.24, 2.45) is 17.8 Å². The Morgan fingerprint density at radius 1 is 1.00 bits per heavy atom. The van der Waals surface area contributed by atoms with Gasteiger partial charge in [0.15, 0.2) is 11.5 Å². The van der Waals surface area contributed by atoms with E-state index in [-0.39, 0.29) is 29.7 Å². The van der Waals surface area contributed by atoms with Crippen LogP contribution in [0.4, 0.5) is 11.4 Å². The summed E-state index contributed by atoms with van der Waals surface area (Å²) in [5.74, 6) is -1.31. The third-order valence-corrected chi connectivity index (χ3v) is 7.06. The smallest absolute Gasteiger partial charge is 0.250 e. The molecule has 4 aliphatic rings. The number of nitrogens with one attached hydrogen (secondary N) is 2. The average Bonchev–Trinajstić information content (AvgIpc) is 3.38. The first-order valence-electron chi connectivity index (χ1n) is 10.9. The Kier molecular flexibility index (Phi) is 3.96. The zero-order chi connectivity index (χ0) is 22.2. The molecule has 0 aliphatic carbocycles. The van der Waals surface area contributed by atoms with Gasteiger partial charge in [0.1, 0.15) is 18.8 Å². The van der Waals surface area contributed by atoms with E-state index in [1.54, 1.807) is 18.2 Å². The Labute approximate surface area is 184 Å². The monoisotopic (exact) mass is 433 g/mol. The molecular weight excluding hydrogens is 410 g/mol. The summed E-state index contributed by atoms with van der Waals surface area (Å²) < 4.78 is 11.2. The number of hydrogen-bond donors (Lipinski definition) is 2. The van der Waals surface area contributed by atoms with Gasteiger partial charge >= 0.3 is 0 Å². The number of benzene rings is 2. The van der Waals surface area contributed by atoms with E-state index >= 15 is 0 Å². The summed E-state index contributed by atoms with van der Waals surface area (Å²) >= 11 is 0. The van der Waals surface area contributed by atoms with Crippen LogP contribution in [-0.2, 0) is 19.9 Å². The SMILES string of the molecule is CC(C)[C@H]1N[C@]2(C(=O)Nc3ccccc32)[C@@H]2C(=O)N(c3ccc4c(c3)OCCO4)C(=O)[C@@H]12. The molecule has 4 atom stereocenters. The van der Waals surface area contributed by atoms with Crippen LogP contribution < -0.4 is 25.0 Å². The molecule has 8 nitrogen and oxygen atoms in total. The van der Waals surface area contributed by atoms with E-state index in [9.17, 15) is 14.4 Å². The molecule has 164 valence electrons. The summed E-state index contributed by atoms with van der Waals surface area (Å²) in [7, 11) is 0. The third kappa shape index (κ3) is 2.33. The highest BCUT2D eigenvalue weighted by atomic mass is 16.6. The minimum absolute atomic E-state index is 0.0411. The largest absolute Gasteiger partial charge is 0.486 e. The van der Waals surface area contributed by atoms with Crippen LogP contribution in [0, 0.1) is 17.8 Å². The molecule has 2 N–H and O–H groups in total. The predicted octanol–water partition coefficient (Wildman–Crippen LogP) is 2.04. The molecule has 8 heteroatoms. The fraction of sp³-hybridized carbons (Fsp3) is 0.375. The van der Waals surface area contributed by atoms with Gasteiger partial charge in [0, 0.05) is 23.4 Å². The average molecular weight is 433 g/mol. The fourth-order valence-corrected chi connectivity index (χ4v) is 5.69. The third-order valence-electron chi connectivity index (χ3n) is 7.06. The van der Waals surface area contributed by atoms with E-state index < -0.39 is 17.4 Å². The number of carbonyl (C=O) groups excluding carboxylic acids is 3. The van der Waals surface area contributed by atoms with Crippen molar-refractivity contribution in [1.82, 2.24) is 5.32 Å². The van der Waals surface area contributed by atoms with Gasteiger partial charge in [-0.25, -0.2) is 4.90 Å². The Morgan fingerprint density at radius 2 is 1.75 bits per heavy atom. The normalized spacial score (nSPS) is 30.2. The number of nitrogens with zero attached hydrogens (tertiary/aromatic N) is 1. The van der Waals surface area contributed by atoms with Gasteiger partial charge in [0.25, 0.3) is 0 Å². The van der Waals surface area contributed by atoms with Gasteiger partial charge in [-0.1, -0.05) is 32.0 Å². The Balaban J connectivity index is 1.49. The molecule has 3 amide bonds. The van der Waals surface area contributed by atoms with Crippen molar-refractivity contribution in [2.75, 3.05) is 23.4 Å². The standard InChI is InChI=1S/C24H23N3O5/c1-12(2)20-18-19(24(26-20)14-5-3-4-6-15(14)25-23(24)30)22(29)27(21(18)28)13-7-8-16-17(11-13)32-10-9-31-16/h3-8,11-12,18-20,26H,9-10H2,1-2H3,(H,25,30)/t18-,19+,20-,24+/m1/s1.